The minimum absolute atomic E-state index is 0.0547. The van der Waals surface area contributed by atoms with Crippen LogP contribution in [-0.2, 0) is 10.0 Å². The fourth-order valence-electron chi connectivity index (χ4n) is 1.66. The Hall–Kier alpha value is -0.650. The fraction of sp³-hybridized carbons (Fsp3) is 0.500. The fourth-order valence-corrected chi connectivity index (χ4v) is 3.38. The quantitative estimate of drug-likeness (QED) is 0.619. The molecule has 0 aromatic heterocycles. The number of hydrogen-bond acceptors (Lipinski definition) is 3. The molecular formula is C12H18Cl2N2O2S. The van der Waals surface area contributed by atoms with Gasteiger partial charge in [0.2, 0.25) is 10.0 Å². The number of hydrogen-bond donors (Lipinski definition) is 1. The molecule has 0 radical (unpaired) electrons. The van der Waals surface area contributed by atoms with Crippen LogP contribution in [0.25, 0.3) is 0 Å². The third-order valence-electron chi connectivity index (χ3n) is 2.50. The van der Waals surface area contributed by atoms with Crippen molar-refractivity contribution in [1.29, 1.82) is 0 Å². The molecule has 0 amide bonds. The summed E-state index contributed by atoms with van der Waals surface area (Å²) in [7, 11) is 0.250. The molecule has 0 fully saturated rings. The van der Waals surface area contributed by atoms with Crippen LogP contribution in [0.3, 0.4) is 0 Å². The molecule has 0 aliphatic heterocycles. The predicted octanol–water partition coefficient (Wildman–Crippen LogP) is 3.17. The van der Waals surface area contributed by atoms with E-state index in [4.69, 9.17) is 23.2 Å². The number of nitrogens with zero attached hydrogens (tertiary/aromatic N) is 1. The highest BCUT2D eigenvalue weighted by atomic mass is 35.5. The zero-order chi connectivity index (χ0) is 14.5. The standard InChI is InChI=1S/C12H18Cl2N2O2S/c1-16(2)12-10(14)6-5-7-11(12)15-19(17,18)9-4-3-8-13/h5-7,15H,3-4,8-9H2,1-2H3. The van der Waals surface area contributed by atoms with E-state index in [-0.39, 0.29) is 5.75 Å². The highest BCUT2D eigenvalue weighted by Crippen LogP contribution is 2.33. The molecule has 1 aromatic rings. The van der Waals surface area contributed by atoms with E-state index in [1.807, 2.05) is 14.1 Å². The summed E-state index contributed by atoms with van der Waals surface area (Å²) < 4.78 is 26.5. The summed E-state index contributed by atoms with van der Waals surface area (Å²) in [6.07, 6.45) is 1.22. The molecule has 1 aromatic carbocycles. The lowest BCUT2D eigenvalue weighted by atomic mass is 10.2. The van der Waals surface area contributed by atoms with Crippen molar-refractivity contribution in [1.82, 2.24) is 0 Å². The summed E-state index contributed by atoms with van der Waals surface area (Å²) in [5.74, 6) is 0.523. The number of anilines is 2. The van der Waals surface area contributed by atoms with Gasteiger partial charge in [-0.1, -0.05) is 17.7 Å². The van der Waals surface area contributed by atoms with E-state index in [1.165, 1.54) is 0 Å². The van der Waals surface area contributed by atoms with Crippen molar-refractivity contribution in [3.63, 3.8) is 0 Å². The second kappa shape index (κ2) is 7.22. The van der Waals surface area contributed by atoms with E-state index in [0.29, 0.717) is 35.1 Å². The van der Waals surface area contributed by atoms with Crippen LogP contribution in [0.1, 0.15) is 12.8 Å². The first-order valence-corrected chi connectivity index (χ1v) is 8.46. The maximum atomic E-state index is 11.9. The molecule has 0 saturated heterocycles. The first-order chi connectivity index (χ1) is 8.87. The molecule has 0 aliphatic carbocycles. The Balaban J connectivity index is 2.90. The van der Waals surface area contributed by atoms with Crippen molar-refractivity contribution < 1.29 is 8.42 Å². The van der Waals surface area contributed by atoms with Crippen LogP contribution < -0.4 is 9.62 Å². The highest BCUT2D eigenvalue weighted by molar-refractivity contribution is 7.92. The molecule has 0 aliphatic rings. The Morgan fingerprint density at radius 2 is 1.95 bits per heavy atom. The molecule has 4 nitrogen and oxygen atoms in total. The van der Waals surface area contributed by atoms with E-state index in [2.05, 4.69) is 4.72 Å². The van der Waals surface area contributed by atoms with Gasteiger partial charge in [-0.2, -0.15) is 0 Å². The van der Waals surface area contributed by atoms with Crippen LogP contribution in [0.5, 0.6) is 0 Å². The molecule has 0 bridgehead atoms. The molecule has 0 unspecified atom stereocenters. The Bertz CT molecular complexity index is 518. The second-order valence-electron chi connectivity index (χ2n) is 4.35. The van der Waals surface area contributed by atoms with E-state index in [0.717, 1.165) is 0 Å². The van der Waals surface area contributed by atoms with E-state index < -0.39 is 10.0 Å². The van der Waals surface area contributed by atoms with Gasteiger partial charge in [-0.15, -0.1) is 11.6 Å². The Morgan fingerprint density at radius 1 is 1.26 bits per heavy atom. The lowest BCUT2D eigenvalue weighted by Crippen LogP contribution is -2.19. The summed E-state index contributed by atoms with van der Waals surface area (Å²) >= 11 is 11.6. The molecule has 1 rings (SSSR count). The zero-order valence-corrected chi connectivity index (χ0v) is 13.3. The maximum Gasteiger partial charge on any atom is 0.232 e. The third-order valence-corrected chi connectivity index (χ3v) is 4.43. The summed E-state index contributed by atoms with van der Waals surface area (Å²) in [6, 6.07) is 5.13. The van der Waals surface area contributed by atoms with E-state index in [1.54, 1.807) is 23.1 Å². The molecule has 108 valence electrons. The number of sulfonamides is 1. The minimum atomic E-state index is -3.37. The summed E-state index contributed by atoms with van der Waals surface area (Å²) in [5, 5.41) is 0.506. The van der Waals surface area contributed by atoms with Gasteiger partial charge in [0, 0.05) is 20.0 Å². The summed E-state index contributed by atoms with van der Waals surface area (Å²) in [4.78, 5) is 1.78. The molecule has 0 saturated carbocycles. The minimum Gasteiger partial charge on any atom is -0.375 e. The maximum absolute atomic E-state index is 11.9. The van der Waals surface area contributed by atoms with Gasteiger partial charge >= 0.3 is 0 Å². The summed E-state index contributed by atoms with van der Waals surface area (Å²) in [6.45, 7) is 0. The monoisotopic (exact) mass is 324 g/mol. The number of para-hydroxylation sites is 1. The van der Waals surface area contributed by atoms with Gasteiger partial charge < -0.3 is 4.90 Å². The van der Waals surface area contributed by atoms with Crippen molar-refractivity contribution in [3.05, 3.63) is 23.2 Å². The van der Waals surface area contributed by atoms with Crippen molar-refractivity contribution in [2.75, 3.05) is 35.4 Å². The smallest absolute Gasteiger partial charge is 0.232 e. The number of nitrogens with one attached hydrogen (secondary N) is 1. The van der Waals surface area contributed by atoms with Crippen LogP contribution in [0.15, 0.2) is 18.2 Å². The van der Waals surface area contributed by atoms with Crippen molar-refractivity contribution in [2.45, 2.75) is 12.8 Å². The van der Waals surface area contributed by atoms with Gasteiger partial charge in [0.1, 0.15) is 0 Å². The zero-order valence-electron chi connectivity index (χ0n) is 11.0. The highest BCUT2D eigenvalue weighted by Gasteiger charge is 2.15. The van der Waals surface area contributed by atoms with Crippen LogP contribution in [0.2, 0.25) is 5.02 Å². The van der Waals surface area contributed by atoms with Crippen LogP contribution in [0, 0.1) is 0 Å². The Labute approximate surface area is 124 Å². The van der Waals surface area contributed by atoms with Crippen molar-refractivity contribution in [3.8, 4) is 0 Å². The van der Waals surface area contributed by atoms with E-state index >= 15 is 0 Å². The van der Waals surface area contributed by atoms with E-state index in [9.17, 15) is 8.42 Å². The van der Waals surface area contributed by atoms with Crippen LogP contribution in [-0.4, -0.2) is 34.1 Å². The van der Waals surface area contributed by atoms with Crippen molar-refractivity contribution in [2.24, 2.45) is 0 Å². The molecule has 0 spiro atoms. The summed E-state index contributed by atoms with van der Waals surface area (Å²) in [5.41, 5.74) is 1.15. The number of rotatable bonds is 7. The SMILES string of the molecule is CN(C)c1c(Cl)cccc1NS(=O)(=O)CCCCCl. The second-order valence-corrected chi connectivity index (χ2v) is 6.97. The lowest BCUT2D eigenvalue weighted by Gasteiger charge is -2.19. The molecule has 0 atom stereocenters. The number of benzene rings is 1. The van der Waals surface area contributed by atoms with Crippen LogP contribution >= 0.6 is 23.2 Å². The predicted molar refractivity (Wildman–Crippen MR) is 83.1 cm³/mol. The normalized spacial score (nSPS) is 11.4. The largest absolute Gasteiger partial charge is 0.375 e. The first kappa shape index (κ1) is 16.4. The number of halogens is 2. The lowest BCUT2D eigenvalue weighted by molar-refractivity contribution is 0.598. The average Bonchev–Trinajstić information content (AvgIpc) is 2.27. The molecule has 19 heavy (non-hydrogen) atoms. The Morgan fingerprint density at radius 3 is 2.53 bits per heavy atom. The van der Waals surface area contributed by atoms with Gasteiger partial charge in [0.25, 0.3) is 0 Å². The average molecular weight is 325 g/mol. The van der Waals surface area contributed by atoms with Gasteiger partial charge in [-0.25, -0.2) is 8.42 Å². The van der Waals surface area contributed by atoms with Gasteiger partial charge in [0.05, 0.1) is 22.2 Å². The molecular weight excluding hydrogens is 307 g/mol. The number of unbranched alkanes of at least 4 members (excludes halogenated alkanes) is 1. The van der Waals surface area contributed by atoms with Crippen LogP contribution in [0.4, 0.5) is 11.4 Å². The Kier molecular flexibility index (Phi) is 6.23. The van der Waals surface area contributed by atoms with Gasteiger partial charge in [0.15, 0.2) is 0 Å². The third kappa shape index (κ3) is 5.09. The van der Waals surface area contributed by atoms with Gasteiger partial charge in [-0.3, -0.25) is 4.72 Å². The topological polar surface area (TPSA) is 49.4 Å². The molecule has 0 heterocycles. The van der Waals surface area contributed by atoms with Gasteiger partial charge in [-0.05, 0) is 25.0 Å². The number of alkyl halides is 1. The first-order valence-electron chi connectivity index (χ1n) is 5.89. The van der Waals surface area contributed by atoms with Crippen molar-refractivity contribution >= 4 is 44.6 Å². The molecule has 1 N–H and O–H groups in total. The molecule has 7 heteroatoms.